The molecule has 0 aliphatic carbocycles. The van der Waals surface area contributed by atoms with Crippen molar-refractivity contribution in [3.05, 3.63) is 65.0 Å². The van der Waals surface area contributed by atoms with Crippen LogP contribution in [0.4, 0.5) is 10.1 Å². The molecule has 0 fully saturated rings. The minimum absolute atomic E-state index is 0.0179. The van der Waals surface area contributed by atoms with E-state index in [1.165, 1.54) is 6.07 Å². The third-order valence-corrected chi connectivity index (χ3v) is 3.70. The number of carbonyl (C=O) groups excluding carboxylic acids is 1. The second-order valence-corrected chi connectivity index (χ2v) is 5.05. The number of hydrogen-bond donors (Lipinski definition) is 1. The Morgan fingerprint density at radius 1 is 1.15 bits per heavy atom. The van der Waals surface area contributed by atoms with Gasteiger partial charge in [-0.1, -0.05) is 30.3 Å². The van der Waals surface area contributed by atoms with Gasteiger partial charge in [-0.25, -0.2) is 4.39 Å². The Balaban J connectivity index is 1.90. The third-order valence-electron chi connectivity index (χ3n) is 3.70. The topological polar surface area (TPSA) is 29.1 Å². The number of benzene rings is 2. The van der Waals surface area contributed by atoms with Crippen LogP contribution in [0, 0.1) is 5.82 Å². The maximum Gasteiger partial charge on any atom is 0.167 e. The Hall–Kier alpha value is -2.16. The van der Waals surface area contributed by atoms with Gasteiger partial charge in [-0.3, -0.25) is 4.79 Å². The summed E-state index contributed by atoms with van der Waals surface area (Å²) >= 11 is 0. The highest BCUT2D eigenvalue weighted by Gasteiger charge is 2.18. The van der Waals surface area contributed by atoms with Crippen molar-refractivity contribution >= 4 is 11.5 Å². The van der Waals surface area contributed by atoms with Crippen molar-refractivity contribution in [3.63, 3.8) is 0 Å². The van der Waals surface area contributed by atoms with Crippen LogP contribution in [0.15, 0.2) is 42.5 Å². The van der Waals surface area contributed by atoms with E-state index in [0.717, 1.165) is 36.2 Å². The Labute approximate surface area is 117 Å². The molecular weight excluding hydrogens is 253 g/mol. The van der Waals surface area contributed by atoms with Crippen LogP contribution < -0.4 is 5.32 Å². The van der Waals surface area contributed by atoms with E-state index >= 15 is 0 Å². The first-order chi connectivity index (χ1) is 9.75. The normalized spacial score (nSPS) is 13.4. The molecule has 3 heteroatoms. The molecule has 0 aromatic heterocycles. The number of ketones is 1. The van der Waals surface area contributed by atoms with Crippen molar-refractivity contribution < 1.29 is 9.18 Å². The van der Waals surface area contributed by atoms with Gasteiger partial charge in [0.2, 0.25) is 0 Å². The smallest absolute Gasteiger partial charge is 0.167 e. The summed E-state index contributed by atoms with van der Waals surface area (Å²) in [6.45, 7) is 0.942. The lowest BCUT2D eigenvalue weighted by Gasteiger charge is -2.20. The Morgan fingerprint density at radius 2 is 2.00 bits per heavy atom. The van der Waals surface area contributed by atoms with Gasteiger partial charge in [0.05, 0.1) is 0 Å². The van der Waals surface area contributed by atoms with E-state index in [9.17, 15) is 9.18 Å². The van der Waals surface area contributed by atoms with E-state index in [1.54, 1.807) is 18.2 Å². The number of carbonyl (C=O) groups is 1. The van der Waals surface area contributed by atoms with Crippen molar-refractivity contribution in [2.75, 3.05) is 11.9 Å². The lowest BCUT2D eigenvalue weighted by molar-refractivity contribution is 0.0991. The molecule has 1 heterocycles. The number of fused-ring (bicyclic) bond motifs is 1. The summed E-state index contributed by atoms with van der Waals surface area (Å²) in [4.78, 5) is 12.4. The van der Waals surface area contributed by atoms with E-state index in [1.807, 2.05) is 18.2 Å². The molecule has 0 atom stereocenters. The highest BCUT2D eigenvalue weighted by Crippen LogP contribution is 2.26. The summed E-state index contributed by atoms with van der Waals surface area (Å²) < 4.78 is 13.6. The van der Waals surface area contributed by atoms with Crippen LogP contribution in [-0.2, 0) is 12.8 Å². The fourth-order valence-corrected chi connectivity index (χ4v) is 2.68. The van der Waals surface area contributed by atoms with Crippen LogP contribution in [-0.4, -0.2) is 12.3 Å². The number of nitrogens with one attached hydrogen (secondary N) is 1. The van der Waals surface area contributed by atoms with Crippen molar-refractivity contribution in [3.8, 4) is 0 Å². The Kier molecular flexibility index (Phi) is 3.50. The molecule has 0 bridgehead atoms. The van der Waals surface area contributed by atoms with Gasteiger partial charge in [-0.15, -0.1) is 0 Å². The third kappa shape index (κ3) is 2.44. The van der Waals surface area contributed by atoms with Crippen molar-refractivity contribution in [1.29, 1.82) is 0 Å². The summed E-state index contributed by atoms with van der Waals surface area (Å²) in [5, 5.41) is 3.31. The van der Waals surface area contributed by atoms with Gasteiger partial charge in [0.25, 0.3) is 0 Å². The first-order valence-electron chi connectivity index (χ1n) is 6.88. The molecule has 2 aromatic rings. The molecule has 1 aliphatic heterocycles. The second-order valence-electron chi connectivity index (χ2n) is 5.05. The number of Topliss-reactive ketones (excluding diaryl/α,β-unsaturated/α-hetero) is 1. The molecular formula is C17H16FNO. The first-order valence-corrected chi connectivity index (χ1v) is 6.88. The van der Waals surface area contributed by atoms with Gasteiger partial charge in [-0.05, 0) is 36.1 Å². The van der Waals surface area contributed by atoms with Crippen LogP contribution in [0.2, 0.25) is 0 Å². The molecule has 1 N–H and O–H groups in total. The maximum atomic E-state index is 13.6. The van der Waals surface area contributed by atoms with E-state index in [-0.39, 0.29) is 18.0 Å². The van der Waals surface area contributed by atoms with Crippen molar-refractivity contribution in [2.24, 2.45) is 0 Å². The highest BCUT2D eigenvalue weighted by atomic mass is 19.1. The maximum absolute atomic E-state index is 13.6. The van der Waals surface area contributed by atoms with Crippen molar-refractivity contribution in [1.82, 2.24) is 0 Å². The van der Waals surface area contributed by atoms with Crippen LogP contribution in [0.25, 0.3) is 0 Å². The minimum Gasteiger partial charge on any atom is -0.385 e. The average molecular weight is 269 g/mol. The molecule has 0 unspecified atom stereocenters. The quantitative estimate of drug-likeness (QED) is 0.862. The molecule has 20 heavy (non-hydrogen) atoms. The van der Waals surface area contributed by atoms with Crippen LogP contribution >= 0.6 is 0 Å². The van der Waals surface area contributed by atoms with E-state index < -0.39 is 0 Å². The van der Waals surface area contributed by atoms with Crippen LogP contribution in [0.5, 0.6) is 0 Å². The SMILES string of the molecule is O=C(Cc1ccccc1F)c1cccc2c1CCCN2. The summed E-state index contributed by atoms with van der Waals surface area (Å²) in [5.74, 6) is -0.334. The lowest BCUT2D eigenvalue weighted by Crippen LogP contribution is -2.16. The summed E-state index contributed by atoms with van der Waals surface area (Å²) in [7, 11) is 0. The molecule has 0 spiro atoms. The minimum atomic E-state index is -0.316. The number of anilines is 1. The van der Waals surface area contributed by atoms with Gasteiger partial charge < -0.3 is 5.32 Å². The summed E-state index contributed by atoms with van der Waals surface area (Å²) in [5.41, 5.74) is 3.28. The monoisotopic (exact) mass is 269 g/mol. The number of rotatable bonds is 3. The van der Waals surface area contributed by atoms with Gasteiger partial charge in [-0.2, -0.15) is 0 Å². The van der Waals surface area contributed by atoms with Crippen LogP contribution in [0.3, 0.4) is 0 Å². The molecule has 1 aliphatic rings. The molecule has 102 valence electrons. The van der Waals surface area contributed by atoms with E-state index in [4.69, 9.17) is 0 Å². The Bertz CT molecular complexity index is 651. The number of halogens is 1. The van der Waals surface area contributed by atoms with Gasteiger partial charge in [0, 0.05) is 24.2 Å². The van der Waals surface area contributed by atoms with E-state index in [2.05, 4.69) is 5.32 Å². The van der Waals surface area contributed by atoms with E-state index in [0.29, 0.717) is 5.56 Å². The van der Waals surface area contributed by atoms with Gasteiger partial charge in [0.15, 0.2) is 5.78 Å². The van der Waals surface area contributed by atoms with Crippen molar-refractivity contribution in [2.45, 2.75) is 19.3 Å². The zero-order chi connectivity index (χ0) is 13.9. The standard InChI is InChI=1S/C17H16FNO/c18-15-8-2-1-5-12(15)11-17(20)14-6-3-9-16-13(14)7-4-10-19-16/h1-3,5-6,8-9,19H,4,7,10-11H2. The first kappa shape index (κ1) is 12.9. The molecule has 0 radical (unpaired) electrons. The molecule has 3 rings (SSSR count). The zero-order valence-electron chi connectivity index (χ0n) is 11.2. The fourth-order valence-electron chi connectivity index (χ4n) is 2.68. The van der Waals surface area contributed by atoms with Crippen LogP contribution in [0.1, 0.15) is 27.9 Å². The lowest BCUT2D eigenvalue weighted by atomic mass is 9.93. The number of hydrogen-bond acceptors (Lipinski definition) is 2. The second kappa shape index (κ2) is 5.45. The predicted molar refractivity (Wildman–Crippen MR) is 77.7 cm³/mol. The highest BCUT2D eigenvalue weighted by molar-refractivity contribution is 6.00. The molecule has 0 saturated heterocycles. The molecule has 2 nitrogen and oxygen atoms in total. The summed E-state index contributed by atoms with van der Waals surface area (Å²) in [6, 6.07) is 12.2. The zero-order valence-corrected chi connectivity index (χ0v) is 11.2. The fraction of sp³-hybridized carbons (Fsp3) is 0.235. The summed E-state index contributed by atoms with van der Waals surface area (Å²) in [6.07, 6.45) is 2.04. The predicted octanol–water partition coefficient (Wildman–Crippen LogP) is 3.61. The Morgan fingerprint density at radius 3 is 2.85 bits per heavy atom. The largest absolute Gasteiger partial charge is 0.385 e. The molecule has 0 amide bonds. The molecule has 2 aromatic carbocycles. The van der Waals surface area contributed by atoms with Gasteiger partial charge in [0.1, 0.15) is 5.82 Å². The molecule has 0 saturated carbocycles. The average Bonchev–Trinajstić information content (AvgIpc) is 2.49. The van der Waals surface area contributed by atoms with Gasteiger partial charge >= 0.3 is 0 Å².